The molecule has 0 aliphatic rings. The first-order valence-electron chi connectivity index (χ1n) is 7.53. The van der Waals surface area contributed by atoms with Crippen LogP contribution in [0.25, 0.3) is 0 Å². The fraction of sp³-hybridized carbons (Fsp3) is 0.100. The lowest BCUT2D eigenvalue weighted by atomic mass is 10.2. The van der Waals surface area contributed by atoms with Gasteiger partial charge < -0.3 is 9.30 Å². The maximum Gasteiger partial charge on any atom is 0.174 e. The summed E-state index contributed by atoms with van der Waals surface area (Å²) >= 11 is 0. The van der Waals surface area contributed by atoms with Crippen molar-refractivity contribution in [2.45, 2.75) is 6.92 Å². The van der Waals surface area contributed by atoms with Crippen LogP contribution in [0.4, 0.5) is 0 Å². The van der Waals surface area contributed by atoms with Crippen molar-refractivity contribution in [3.63, 3.8) is 0 Å². The number of benzene rings is 3. The van der Waals surface area contributed by atoms with Gasteiger partial charge in [0.15, 0.2) is 7.14 Å². The molecular weight excluding hydrogens is 303 g/mol. The monoisotopic (exact) mass is 322 g/mol. The highest BCUT2D eigenvalue weighted by Crippen LogP contribution is 2.45. The molecule has 116 valence electrons. The van der Waals surface area contributed by atoms with Crippen molar-refractivity contribution >= 4 is 23.1 Å². The van der Waals surface area contributed by atoms with Gasteiger partial charge in [-0.15, -0.1) is 0 Å². The highest BCUT2D eigenvalue weighted by molar-refractivity contribution is 7.85. The van der Waals surface area contributed by atoms with Crippen molar-refractivity contribution in [3.8, 4) is 5.75 Å². The van der Waals surface area contributed by atoms with Crippen LogP contribution in [0.5, 0.6) is 5.75 Å². The average Bonchev–Trinajstić information content (AvgIpc) is 2.62. The largest absolute Gasteiger partial charge is 0.496 e. The third-order valence-corrected chi connectivity index (χ3v) is 6.99. The molecule has 0 aliphatic carbocycles. The molecule has 0 N–H and O–H groups in total. The van der Waals surface area contributed by atoms with E-state index in [9.17, 15) is 4.57 Å². The Morgan fingerprint density at radius 3 is 1.78 bits per heavy atom. The first-order chi connectivity index (χ1) is 11.2. The highest BCUT2D eigenvalue weighted by atomic mass is 31.2. The second kappa shape index (κ2) is 6.44. The molecule has 0 heterocycles. The van der Waals surface area contributed by atoms with Crippen molar-refractivity contribution in [3.05, 3.63) is 84.4 Å². The van der Waals surface area contributed by atoms with Crippen LogP contribution in [0.3, 0.4) is 0 Å². The normalized spacial score (nSPS) is 11.2. The number of rotatable bonds is 4. The molecule has 0 radical (unpaired) electrons. The summed E-state index contributed by atoms with van der Waals surface area (Å²) in [5.74, 6) is 0.659. The van der Waals surface area contributed by atoms with Crippen LogP contribution in [0.2, 0.25) is 0 Å². The van der Waals surface area contributed by atoms with E-state index in [0.717, 1.165) is 21.5 Å². The van der Waals surface area contributed by atoms with Crippen molar-refractivity contribution < 1.29 is 9.30 Å². The van der Waals surface area contributed by atoms with Crippen LogP contribution in [0.1, 0.15) is 5.56 Å². The van der Waals surface area contributed by atoms with E-state index in [2.05, 4.69) is 0 Å². The minimum absolute atomic E-state index is 0.659. The van der Waals surface area contributed by atoms with Crippen LogP contribution >= 0.6 is 7.14 Å². The zero-order chi connectivity index (χ0) is 16.3. The van der Waals surface area contributed by atoms with E-state index in [4.69, 9.17) is 4.74 Å². The van der Waals surface area contributed by atoms with Gasteiger partial charge in [-0.1, -0.05) is 72.3 Å². The number of hydrogen-bond acceptors (Lipinski definition) is 2. The molecule has 0 aliphatic heterocycles. The Labute approximate surface area is 137 Å². The van der Waals surface area contributed by atoms with Gasteiger partial charge in [0.2, 0.25) is 0 Å². The van der Waals surface area contributed by atoms with Crippen molar-refractivity contribution in [1.82, 2.24) is 0 Å². The van der Waals surface area contributed by atoms with E-state index >= 15 is 0 Å². The zero-order valence-electron chi connectivity index (χ0n) is 13.3. The van der Waals surface area contributed by atoms with Crippen molar-refractivity contribution in [2.24, 2.45) is 0 Å². The van der Waals surface area contributed by atoms with Crippen molar-refractivity contribution in [2.75, 3.05) is 7.11 Å². The Hall–Kier alpha value is -2.31. The molecule has 0 fully saturated rings. The molecule has 0 saturated carbocycles. The molecule has 0 atom stereocenters. The summed E-state index contributed by atoms with van der Waals surface area (Å²) in [5, 5.41) is 2.38. The topological polar surface area (TPSA) is 26.3 Å². The fourth-order valence-corrected chi connectivity index (χ4v) is 5.65. The minimum Gasteiger partial charge on any atom is -0.496 e. The van der Waals surface area contributed by atoms with Crippen molar-refractivity contribution in [1.29, 1.82) is 0 Å². The molecule has 3 heteroatoms. The second-order valence-corrected chi connectivity index (χ2v) is 8.19. The third kappa shape index (κ3) is 2.83. The Kier molecular flexibility index (Phi) is 4.36. The standard InChI is InChI=1S/C20H19O2P/c1-16-13-14-19(22-2)20(15-16)23(21,17-9-5-3-6-10-17)18-11-7-4-8-12-18/h3-15H,1-2H3. The van der Waals surface area contributed by atoms with E-state index in [0.29, 0.717) is 5.75 Å². The van der Waals surface area contributed by atoms with Crippen LogP contribution in [-0.4, -0.2) is 7.11 Å². The molecule has 0 aromatic heterocycles. The van der Waals surface area contributed by atoms with E-state index in [1.165, 1.54) is 0 Å². The van der Waals surface area contributed by atoms with E-state index in [-0.39, 0.29) is 0 Å². The average molecular weight is 322 g/mol. The second-order valence-electron chi connectivity index (χ2n) is 5.46. The quantitative estimate of drug-likeness (QED) is 0.686. The number of aryl methyl sites for hydroxylation is 1. The van der Waals surface area contributed by atoms with Gasteiger partial charge in [0.05, 0.1) is 12.4 Å². The summed E-state index contributed by atoms with van der Waals surface area (Å²) in [4.78, 5) is 0. The van der Waals surface area contributed by atoms with E-state index in [1.807, 2.05) is 85.8 Å². The lowest BCUT2D eigenvalue weighted by molar-refractivity contribution is 0.418. The number of methoxy groups -OCH3 is 1. The fourth-order valence-electron chi connectivity index (χ4n) is 2.75. The summed E-state index contributed by atoms with van der Waals surface area (Å²) in [6.07, 6.45) is 0. The number of hydrogen-bond donors (Lipinski definition) is 0. The molecule has 0 amide bonds. The first kappa shape index (κ1) is 15.6. The third-order valence-electron chi connectivity index (χ3n) is 3.91. The molecular formula is C20H19O2P. The maximum atomic E-state index is 14.3. The van der Waals surface area contributed by atoms with Gasteiger partial charge in [-0.05, 0) is 19.1 Å². The Bertz CT molecular complexity index is 799. The molecule has 3 aromatic rings. The van der Waals surface area contributed by atoms with Gasteiger partial charge in [0.25, 0.3) is 0 Å². The van der Waals surface area contributed by atoms with Crippen LogP contribution < -0.4 is 20.7 Å². The molecule has 3 aromatic carbocycles. The molecule has 23 heavy (non-hydrogen) atoms. The predicted molar refractivity (Wildman–Crippen MR) is 97.1 cm³/mol. The smallest absolute Gasteiger partial charge is 0.174 e. The molecule has 2 nitrogen and oxygen atoms in total. The highest BCUT2D eigenvalue weighted by Gasteiger charge is 2.32. The van der Waals surface area contributed by atoms with E-state index < -0.39 is 7.14 Å². The lowest BCUT2D eigenvalue weighted by Crippen LogP contribution is -2.26. The molecule has 0 bridgehead atoms. The van der Waals surface area contributed by atoms with Crippen LogP contribution in [0, 0.1) is 6.92 Å². The summed E-state index contributed by atoms with van der Waals surface area (Å²) < 4.78 is 19.8. The summed E-state index contributed by atoms with van der Waals surface area (Å²) in [7, 11) is -1.36. The molecule has 0 saturated heterocycles. The summed E-state index contributed by atoms with van der Waals surface area (Å²) in [6.45, 7) is 2.00. The zero-order valence-corrected chi connectivity index (χ0v) is 14.2. The summed E-state index contributed by atoms with van der Waals surface area (Å²) in [6, 6.07) is 25.1. The van der Waals surface area contributed by atoms with Gasteiger partial charge in [-0.3, -0.25) is 0 Å². The van der Waals surface area contributed by atoms with Crippen LogP contribution in [0.15, 0.2) is 78.9 Å². The number of ether oxygens (including phenoxy) is 1. The van der Waals surface area contributed by atoms with Gasteiger partial charge in [-0.25, -0.2) is 0 Å². The molecule has 0 unspecified atom stereocenters. The lowest BCUT2D eigenvalue weighted by Gasteiger charge is -2.22. The van der Waals surface area contributed by atoms with E-state index in [1.54, 1.807) is 7.11 Å². The first-order valence-corrected chi connectivity index (χ1v) is 9.23. The van der Waals surface area contributed by atoms with Gasteiger partial charge >= 0.3 is 0 Å². The summed E-state index contributed by atoms with van der Waals surface area (Å²) in [5.41, 5.74) is 1.06. The Balaban J connectivity index is 2.35. The Morgan fingerprint density at radius 1 is 0.783 bits per heavy atom. The molecule has 3 rings (SSSR count). The van der Waals surface area contributed by atoms with Gasteiger partial charge in [0, 0.05) is 10.6 Å². The minimum atomic E-state index is -2.98. The van der Waals surface area contributed by atoms with Gasteiger partial charge in [-0.2, -0.15) is 0 Å². The van der Waals surface area contributed by atoms with Gasteiger partial charge in [0.1, 0.15) is 5.75 Å². The molecule has 0 spiro atoms. The predicted octanol–water partition coefficient (Wildman–Crippen LogP) is 3.64. The Morgan fingerprint density at radius 2 is 1.30 bits per heavy atom. The van der Waals surface area contributed by atoms with Crippen LogP contribution in [-0.2, 0) is 4.57 Å². The maximum absolute atomic E-state index is 14.3. The SMILES string of the molecule is COc1ccc(C)cc1P(=O)(c1ccccc1)c1ccccc1.